The largest absolute Gasteiger partial charge is 0.395 e. The number of benzene rings is 1. The predicted molar refractivity (Wildman–Crippen MR) is 72.4 cm³/mol. The molecular formula is C15H22FNO2. The average Bonchev–Trinajstić information content (AvgIpc) is 2.47. The number of ether oxygens (including phenoxy) is 1. The number of aliphatic hydroxyl groups excluding tert-OH is 1. The Morgan fingerprint density at radius 2 is 1.89 bits per heavy atom. The van der Waals surface area contributed by atoms with Crippen LogP contribution in [0.25, 0.3) is 0 Å². The minimum absolute atomic E-state index is 0.00745. The average molecular weight is 267 g/mol. The first-order valence-electron chi connectivity index (χ1n) is 6.85. The molecule has 3 N–H and O–H groups in total. The lowest BCUT2D eigenvalue weighted by Crippen LogP contribution is -2.41. The summed E-state index contributed by atoms with van der Waals surface area (Å²) in [6.07, 6.45) is 2.83. The molecule has 4 heteroatoms. The van der Waals surface area contributed by atoms with E-state index in [4.69, 9.17) is 10.5 Å². The summed E-state index contributed by atoms with van der Waals surface area (Å²) >= 11 is 0. The fourth-order valence-electron chi connectivity index (χ4n) is 2.85. The van der Waals surface area contributed by atoms with Gasteiger partial charge in [0.1, 0.15) is 5.82 Å². The lowest BCUT2D eigenvalue weighted by Gasteiger charge is -2.36. The number of nitrogens with two attached hydrogens (primary N) is 1. The zero-order chi connectivity index (χ0) is 13.7. The first kappa shape index (κ1) is 14.4. The highest BCUT2D eigenvalue weighted by atomic mass is 19.1. The lowest BCUT2D eigenvalue weighted by atomic mass is 9.72. The maximum Gasteiger partial charge on any atom is 0.123 e. The molecule has 1 heterocycles. The number of hydrogen-bond acceptors (Lipinski definition) is 3. The second-order valence-corrected chi connectivity index (χ2v) is 5.41. The van der Waals surface area contributed by atoms with Crippen molar-refractivity contribution in [2.24, 2.45) is 11.7 Å². The van der Waals surface area contributed by atoms with Gasteiger partial charge in [-0.05, 0) is 42.9 Å². The molecule has 3 nitrogen and oxygen atoms in total. The normalized spacial score (nSPS) is 20.2. The molecule has 1 aromatic carbocycles. The summed E-state index contributed by atoms with van der Waals surface area (Å²) in [4.78, 5) is 0. The second kappa shape index (κ2) is 6.46. The van der Waals surface area contributed by atoms with Crippen molar-refractivity contribution in [2.45, 2.75) is 24.7 Å². The van der Waals surface area contributed by atoms with E-state index in [1.54, 1.807) is 12.1 Å². The highest BCUT2D eigenvalue weighted by molar-refractivity contribution is 5.27. The van der Waals surface area contributed by atoms with Gasteiger partial charge in [-0.2, -0.15) is 0 Å². The van der Waals surface area contributed by atoms with E-state index in [2.05, 4.69) is 0 Å². The van der Waals surface area contributed by atoms with Crippen LogP contribution in [0.1, 0.15) is 24.8 Å². The van der Waals surface area contributed by atoms with E-state index in [1.165, 1.54) is 12.1 Å². The summed E-state index contributed by atoms with van der Waals surface area (Å²) in [6.45, 7) is 1.92. The Hall–Kier alpha value is -0.970. The van der Waals surface area contributed by atoms with Gasteiger partial charge in [0.05, 0.1) is 6.61 Å². The predicted octanol–water partition coefficient (Wildman–Crippen LogP) is 1.83. The first-order chi connectivity index (χ1) is 9.20. The van der Waals surface area contributed by atoms with Crippen molar-refractivity contribution in [3.63, 3.8) is 0 Å². The molecule has 0 bridgehead atoms. The summed E-state index contributed by atoms with van der Waals surface area (Å²) in [5.74, 6) is 0.244. The third-order valence-corrected chi connectivity index (χ3v) is 4.17. The van der Waals surface area contributed by atoms with Crippen LogP contribution in [0.5, 0.6) is 0 Å². The van der Waals surface area contributed by atoms with Gasteiger partial charge in [-0.1, -0.05) is 12.1 Å². The van der Waals surface area contributed by atoms with Gasteiger partial charge >= 0.3 is 0 Å². The first-order valence-corrected chi connectivity index (χ1v) is 6.85. The van der Waals surface area contributed by atoms with Gasteiger partial charge in [-0.3, -0.25) is 0 Å². The quantitative estimate of drug-likeness (QED) is 0.855. The van der Waals surface area contributed by atoms with Crippen molar-refractivity contribution >= 4 is 0 Å². The van der Waals surface area contributed by atoms with E-state index in [-0.39, 0.29) is 12.4 Å². The van der Waals surface area contributed by atoms with Crippen LogP contribution in [0.15, 0.2) is 24.3 Å². The second-order valence-electron chi connectivity index (χ2n) is 5.41. The maximum absolute atomic E-state index is 13.0. The van der Waals surface area contributed by atoms with Crippen LogP contribution in [0.3, 0.4) is 0 Å². The minimum atomic E-state index is -0.463. The summed E-state index contributed by atoms with van der Waals surface area (Å²) in [5.41, 5.74) is 6.38. The fraction of sp³-hybridized carbons (Fsp3) is 0.600. The van der Waals surface area contributed by atoms with Crippen molar-refractivity contribution in [1.29, 1.82) is 0 Å². The van der Waals surface area contributed by atoms with Crippen molar-refractivity contribution in [3.05, 3.63) is 35.6 Å². The molecule has 0 amide bonds. The molecule has 19 heavy (non-hydrogen) atoms. The van der Waals surface area contributed by atoms with Gasteiger partial charge in [-0.15, -0.1) is 0 Å². The molecular weight excluding hydrogens is 245 g/mol. The fourth-order valence-corrected chi connectivity index (χ4v) is 2.85. The SMILES string of the molecule is NCC(CO)(CC1CCOCC1)c1ccc(F)cc1. The molecule has 0 radical (unpaired) electrons. The Morgan fingerprint density at radius 1 is 1.26 bits per heavy atom. The number of halogens is 1. The molecule has 1 aromatic rings. The molecule has 1 aliphatic rings. The summed E-state index contributed by atoms with van der Waals surface area (Å²) < 4.78 is 18.4. The Kier molecular flexibility index (Phi) is 4.91. The van der Waals surface area contributed by atoms with Crippen molar-refractivity contribution < 1.29 is 14.2 Å². The molecule has 1 fully saturated rings. The van der Waals surface area contributed by atoms with E-state index in [9.17, 15) is 9.50 Å². The van der Waals surface area contributed by atoms with Crippen molar-refractivity contribution in [1.82, 2.24) is 0 Å². The lowest BCUT2D eigenvalue weighted by molar-refractivity contribution is 0.0494. The third kappa shape index (κ3) is 3.32. The molecule has 0 spiro atoms. The monoisotopic (exact) mass is 267 g/mol. The highest BCUT2D eigenvalue weighted by Crippen LogP contribution is 2.34. The summed E-state index contributed by atoms with van der Waals surface area (Å²) in [7, 11) is 0. The molecule has 1 atom stereocenters. The van der Waals surface area contributed by atoms with Gasteiger partial charge in [0.2, 0.25) is 0 Å². The molecule has 1 aliphatic heterocycles. The summed E-state index contributed by atoms with van der Waals surface area (Å²) in [6, 6.07) is 6.33. The Bertz CT molecular complexity index is 384. The molecule has 0 aromatic heterocycles. The molecule has 0 aliphatic carbocycles. The minimum Gasteiger partial charge on any atom is -0.395 e. The number of hydrogen-bond donors (Lipinski definition) is 2. The van der Waals surface area contributed by atoms with Crippen LogP contribution in [0.4, 0.5) is 4.39 Å². The zero-order valence-electron chi connectivity index (χ0n) is 11.1. The van der Waals surface area contributed by atoms with Gasteiger partial charge in [0.15, 0.2) is 0 Å². The van der Waals surface area contributed by atoms with Crippen LogP contribution in [-0.4, -0.2) is 31.5 Å². The van der Waals surface area contributed by atoms with Crippen molar-refractivity contribution in [3.8, 4) is 0 Å². The Labute approximate surface area is 113 Å². The van der Waals surface area contributed by atoms with E-state index in [0.717, 1.165) is 38.0 Å². The van der Waals surface area contributed by atoms with Gasteiger partial charge in [0.25, 0.3) is 0 Å². The van der Waals surface area contributed by atoms with Crippen molar-refractivity contribution in [2.75, 3.05) is 26.4 Å². The molecule has 2 rings (SSSR count). The standard InChI is InChI=1S/C15H22FNO2/c16-14-3-1-13(2-4-14)15(10-17,11-18)9-12-5-7-19-8-6-12/h1-4,12,18H,5-11,17H2. The van der Waals surface area contributed by atoms with Gasteiger partial charge < -0.3 is 15.6 Å². The number of rotatable bonds is 5. The van der Waals surface area contributed by atoms with Crippen LogP contribution in [-0.2, 0) is 10.2 Å². The molecule has 1 saturated heterocycles. The maximum atomic E-state index is 13.0. The van der Waals surface area contributed by atoms with E-state index >= 15 is 0 Å². The van der Waals surface area contributed by atoms with E-state index in [0.29, 0.717) is 12.5 Å². The molecule has 1 unspecified atom stereocenters. The number of aliphatic hydroxyl groups is 1. The van der Waals surface area contributed by atoms with Crippen LogP contribution >= 0.6 is 0 Å². The van der Waals surface area contributed by atoms with E-state index in [1.807, 2.05) is 0 Å². The van der Waals surface area contributed by atoms with Gasteiger partial charge in [0, 0.05) is 25.2 Å². The molecule has 0 saturated carbocycles. The Morgan fingerprint density at radius 3 is 2.42 bits per heavy atom. The van der Waals surface area contributed by atoms with Gasteiger partial charge in [-0.25, -0.2) is 4.39 Å². The van der Waals surface area contributed by atoms with Crippen LogP contribution < -0.4 is 5.73 Å². The topological polar surface area (TPSA) is 55.5 Å². The van der Waals surface area contributed by atoms with Crippen LogP contribution in [0.2, 0.25) is 0 Å². The third-order valence-electron chi connectivity index (χ3n) is 4.17. The summed E-state index contributed by atoms with van der Waals surface area (Å²) in [5, 5.41) is 9.82. The molecule has 106 valence electrons. The Balaban J connectivity index is 2.18. The zero-order valence-corrected chi connectivity index (χ0v) is 11.1. The van der Waals surface area contributed by atoms with E-state index < -0.39 is 5.41 Å². The highest BCUT2D eigenvalue weighted by Gasteiger charge is 2.33. The smallest absolute Gasteiger partial charge is 0.123 e. The van der Waals surface area contributed by atoms with Crippen LogP contribution in [0, 0.1) is 11.7 Å².